The average molecular weight is 420 g/mol. The molecule has 1 amide bonds. The molecule has 0 fully saturated rings. The van der Waals surface area contributed by atoms with E-state index in [9.17, 15) is 13.2 Å². The SMILES string of the molecule is CC(C)C(N=C1NS(=O)(=O)c2ccccc21)C(=O)NCCc1ccc(Cl)cc1. The Morgan fingerprint density at radius 3 is 2.50 bits per heavy atom. The van der Waals surface area contributed by atoms with E-state index >= 15 is 0 Å². The standard InChI is InChI=1S/C20H22ClN3O3S/c1-13(2)18(20(25)22-12-11-14-7-9-15(21)10-8-14)23-19-16-5-3-4-6-17(16)28(26,27)24-19/h3-10,13,18H,11-12H2,1-2H3,(H,22,25)(H,23,24). The van der Waals surface area contributed by atoms with Crippen LogP contribution in [0.3, 0.4) is 0 Å². The van der Waals surface area contributed by atoms with E-state index in [1.807, 2.05) is 38.1 Å². The maximum Gasteiger partial charge on any atom is 0.263 e. The fourth-order valence-electron chi connectivity index (χ4n) is 2.96. The van der Waals surface area contributed by atoms with Crippen molar-refractivity contribution in [2.75, 3.05) is 6.54 Å². The van der Waals surface area contributed by atoms with Gasteiger partial charge in [-0.2, -0.15) is 0 Å². The van der Waals surface area contributed by atoms with Crippen LogP contribution in [0.25, 0.3) is 0 Å². The van der Waals surface area contributed by atoms with Crippen LogP contribution >= 0.6 is 11.6 Å². The van der Waals surface area contributed by atoms with Gasteiger partial charge in [0.25, 0.3) is 10.0 Å². The summed E-state index contributed by atoms with van der Waals surface area (Å²) in [4.78, 5) is 17.3. The maximum atomic E-state index is 12.7. The lowest BCUT2D eigenvalue weighted by Gasteiger charge is -2.17. The number of nitrogens with one attached hydrogen (secondary N) is 2. The minimum atomic E-state index is -3.63. The molecule has 0 spiro atoms. The second-order valence-corrected chi connectivity index (χ2v) is 9.02. The Bertz CT molecular complexity index is 1000. The molecule has 0 bridgehead atoms. The summed E-state index contributed by atoms with van der Waals surface area (Å²) in [5, 5.41) is 3.56. The van der Waals surface area contributed by atoms with Crippen molar-refractivity contribution in [3.63, 3.8) is 0 Å². The number of nitrogens with zero attached hydrogens (tertiary/aromatic N) is 1. The molecule has 1 aliphatic heterocycles. The molecule has 0 radical (unpaired) electrons. The quantitative estimate of drug-likeness (QED) is 0.754. The minimum Gasteiger partial charge on any atom is -0.354 e. The van der Waals surface area contributed by atoms with Crippen LogP contribution in [-0.2, 0) is 21.2 Å². The summed E-state index contributed by atoms with van der Waals surface area (Å²) in [6, 6.07) is 13.4. The molecule has 0 saturated carbocycles. The summed E-state index contributed by atoms with van der Waals surface area (Å²) in [6.45, 7) is 4.21. The van der Waals surface area contributed by atoms with Crippen molar-refractivity contribution in [1.29, 1.82) is 0 Å². The van der Waals surface area contributed by atoms with Crippen molar-refractivity contribution in [3.8, 4) is 0 Å². The Morgan fingerprint density at radius 2 is 1.82 bits per heavy atom. The Kier molecular flexibility index (Phi) is 6.05. The molecule has 0 saturated heterocycles. The van der Waals surface area contributed by atoms with E-state index in [-0.39, 0.29) is 22.6 Å². The highest BCUT2D eigenvalue weighted by Gasteiger charge is 2.32. The molecule has 148 valence electrons. The lowest BCUT2D eigenvalue weighted by Crippen LogP contribution is -2.39. The summed E-state index contributed by atoms with van der Waals surface area (Å²) >= 11 is 5.88. The first-order valence-electron chi connectivity index (χ1n) is 9.00. The van der Waals surface area contributed by atoms with Crippen LogP contribution < -0.4 is 10.0 Å². The molecule has 1 unspecified atom stereocenters. The van der Waals surface area contributed by atoms with Gasteiger partial charge in [0, 0.05) is 17.1 Å². The van der Waals surface area contributed by atoms with Crippen molar-refractivity contribution in [2.45, 2.75) is 31.2 Å². The van der Waals surface area contributed by atoms with Crippen LogP contribution in [-0.4, -0.2) is 32.7 Å². The van der Waals surface area contributed by atoms with Gasteiger partial charge in [-0.1, -0.05) is 49.7 Å². The number of halogens is 1. The van der Waals surface area contributed by atoms with Crippen LogP contribution in [0.1, 0.15) is 25.0 Å². The first kappa shape index (κ1) is 20.4. The highest BCUT2D eigenvalue weighted by molar-refractivity contribution is 7.90. The molecular weight excluding hydrogens is 398 g/mol. The van der Waals surface area contributed by atoms with Crippen molar-refractivity contribution in [2.24, 2.45) is 10.9 Å². The number of aliphatic imine (C=N–C) groups is 1. The third-order valence-electron chi connectivity index (χ3n) is 4.46. The van der Waals surface area contributed by atoms with E-state index < -0.39 is 16.1 Å². The first-order chi connectivity index (χ1) is 13.3. The fraction of sp³-hybridized carbons (Fsp3) is 0.300. The Morgan fingerprint density at radius 1 is 1.14 bits per heavy atom. The van der Waals surface area contributed by atoms with Gasteiger partial charge in [0.05, 0.1) is 4.90 Å². The van der Waals surface area contributed by atoms with E-state index in [1.54, 1.807) is 18.2 Å². The molecule has 2 aromatic carbocycles. The highest BCUT2D eigenvalue weighted by Crippen LogP contribution is 2.23. The fourth-order valence-corrected chi connectivity index (χ4v) is 4.33. The van der Waals surface area contributed by atoms with E-state index in [0.29, 0.717) is 23.6 Å². The van der Waals surface area contributed by atoms with Gasteiger partial charge in [0.1, 0.15) is 11.9 Å². The van der Waals surface area contributed by atoms with Gasteiger partial charge in [0.2, 0.25) is 5.91 Å². The minimum absolute atomic E-state index is 0.0969. The van der Waals surface area contributed by atoms with Crippen LogP contribution in [0, 0.1) is 5.92 Å². The molecule has 3 rings (SSSR count). The molecule has 1 heterocycles. The van der Waals surface area contributed by atoms with Gasteiger partial charge >= 0.3 is 0 Å². The van der Waals surface area contributed by atoms with Gasteiger partial charge < -0.3 is 5.32 Å². The van der Waals surface area contributed by atoms with E-state index in [1.165, 1.54) is 6.07 Å². The van der Waals surface area contributed by atoms with Crippen molar-refractivity contribution >= 4 is 33.4 Å². The zero-order valence-corrected chi connectivity index (χ0v) is 17.2. The van der Waals surface area contributed by atoms with E-state index in [4.69, 9.17) is 11.6 Å². The molecule has 28 heavy (non-hydrogen) atoms. The molecule has 1 aliphatic rings. The third-order valence-corrected chi connectivity index (χ3v) is 6.11. The lowest BCUT2D eigenvalue weighted by molar-refractivity contribution is -0.123. The van der Waals surface area contributed by atoms with Crippen LogP contribution in [0.15, 0.2) is 58.4 Å². The number of hydrogen-bond donors (Lipinski definition) is 2. The number of carbonyl (C=O) groups excluding carboxylic acids is 1. The summed E-state index contributed by atoms with van der Waals surface area (Å²) in [5.41, 5.74) is 1.55. The van der Waals surface area contributed by atoms with Crippen LogP contribution in [0.4, 0.5) is 0 Å². The smallest absolute Gasteiger partial charge is 0.263 e. The van der Waals surface area contributed by atoms with Crippen LogP contribution in [0.2, 0.25) is 5.02 Å². The molecule has 2 aromatic rings. The number of rotatable bonds is 6. The summed E-state index contributed by atoms with van der Waals surface area (Å²) in [7, 11) is -3.63. The van der Waals surface area contributed by atoms with E-state index in [0.717, 1.165) is 5.56 Å². The normalized spacial score (nSPS) is 17.2. The van der Waals surface area contributed by atoms with Crippen molar-refractivity contribution < 1.29 is 13.2 Å². The topological polar surface area (TPSA) is 87.6 Å². The average Bonchev–Trinajstić information content (AvgIpc) is 2.91. The zero-order chi connectivity index (χ0) is 20.3. The van der Waals surface area contributed by atoms with Crippen molar-refractivity contribution in [3.05, 3.63) is 64.7 Å². The Balaban J connectivity index is 1.72. The highest BCUT2D eigenvalue weighted by atomic mass is 35.5. The number of benzene rings is 2. The molecule has 1 atom stereocenters. The van der Waals surface area contributed by atoms with Gasteiger partial charge in [-0.15, -0.1) is 0 Å². The monoisotopic (exact) mass is 419 g/mol. The zero-order valence-electron chi connectivity index (χ0n) is 15.6. The summed E-state index contributed by atoms with van der Waals surface area (Å²) in [5.74, 6) is -0.123. The first-order valence-corrected chi connectivity index (χ1v) is 10.9. The second-order valence-electron chi connectivity index (χ2n) is 6.94. The van der Waals surface area contributed by atoms with Gasteiger partial charge in [-0.05, 0) is 42.2 Å². The Labute approximate surface area is 170 Å². The van der Waals surface area contributed by atoms with Gasteiger partial charge in [-0.3, -0.25) is 14.5 Å². The number of fused-ring (bicyclic) bond motifs is 1. The second kappa shape index (κ2) is 8.32. The third kappa shape index (κ3) is 4.54. The van der Waals surface area contributed by atoms with Crippen LogP contribution in [0.5, 0.6) is 0 Å². The van der Waals surface area contributed by atoms with Crippen molar-refractivity contribution in [1.82, 2.24) is 10.0 Å². The Hall–Kier alpha value is -2.38. The molecule has 2 N–H and O–H groups in total. The number of amidine groups is 1. The van der Waals surface area contributed by atoms with Gasteiger partial charge in [0.15, 0.2) is 0 Å². The summed E-state index contributed by atoms with van der Waals surface area (Å²) in [6.07, 6.45) is 0.666. The molecule has 0 aromatic heterocycles. The van der Waals surface area contributed by atoms with E-state index in [2.05, 4.69) is 15.0 Å². The number of carbonyl (C=O) groups is 1. The van der Waals surface area contributed by atoms with Gasteiger partial charge in [-0.25, -0.2) is 8.42 Å². The molecule has 6 nitrogen and oxygen atoms in total. The maximum absolute atomic E-state index is 12.7. The molecule has 8 heteroatoms. The predicted octanol–water partition coefficient (Wildman–Crippen LogP) is 2.76. The number of amides is 1. The molecule has 0 aliphatic carbocycles. The lowest BCUT2D eigenvalue weighted by atomic mass is 10.0. The largest absolute Gasteiger partial charge is 0.354 e. The summed E-state index contributed by atoms with van der Waals surface area (Å²) < 4.78 is 26.9. The molecular formula is C20H22ClN3O3S. The number of sulfonamides is 1. The number of hydrogen-bond acceptors (Lipinski definition) is 4. The predicted molar refractivity (Wildman–Crippen MR) is 110 cm³/mol.